The minimum Gasteiger partial charge on any atom is -0.384 e. The minimum absolute atomic E-state index is 0.203. The van der Waals surface area contributed by atoms with Gasteiger partial charge in [-0.15, -0.1) is 0 Å². The van der Waals surface area contributed by atoms with Crippen molar-refractivity contribution in [3.8, 4) is 11.8 Å². The van der Waals surface area contributed by atoms with Crippen LogP contribution in [0, 0.1) is 11.8 Å². The molecule has 0 bridgehead atoms. The van der Waals surface area contributed by atoms with Gasteiger partial charge in [-0.3, -0.25) is 0 Å². The lowest BCUT2D eigenvalue weighted by Gasteiger charge is -2.04. The van der Waals surface area contributed by atoms with Crippen LogP contribution in [0.2, 0.25) is 0 Å². The molecule has 0 aliphatic carbocycles. The van der Waals surface area contributed by atoms with Crippen molar-refractivity contribution >= 4 is 10.0 Å². The first kappa shape index (κ1) is 12.7. The summed E-state index contributed by atoms with van der Waals surface area (Å²) in [4.78, 5) is 0. The highest BCUT2D eigenvalue weighted by molar-refractivity contribution is 7.88. The fourth-order valence-corrected chi connectivity index (χ4v) is 1.56. The van der Waals surface area contributed by atoms with Crippen molar-refractivity contribution in [1.29, 1.82) is 0 Å². The van der Waals surface area contributed by atoms with Crippen LogP contribution < -0.4 is 4.72 Å². The first-order valence-electron chi connectivity index (χ1n) is 4.65. The van der Waals surface area contributed by atoms with Crippen molar-refractivity contribution in [2.45, 2.75) is 6.54 Å². The highest BCUT2D eigenvalue weighted by Crippen LogP contribution is 2.07. The first-order chi connectivity index (χ1) is 7.53. The van der Waals surface area contributed by atoms with Gasteiger partial charge in [0.25, 0.3) is 0 Å². The van der Waals surface area contributed by atoms with Crippen LogP contribution in [0.5, 0.6) is 0 Å². The number of sulfonamides is 1. The van der Waals surface area contributed by atoms with Gasteiger partial charge in [-0.2, -0.15) is 0 Å². The summed E-state index contributed by atoms with van der Waals surface area (Å²) in [5.74, 6) is 5.29. The van der Waals surface area contributed by atoms with E-state index in [1.807, 2.05) is 12.1 Å². The summed E-state index contributed by atoms with van der Waals surface area (Å²) < 4.78 is 24.3. The molecule has 1 aromatic rings. The molecule has 0 aliphatic heterocycles. The lowest BCUT2D eigenvalue weighted by Crippen LogP contribution is -2.21. The summed E-state index contributed by atoms with van der Waals surface area (Å²) >= 11 is 0. The van der Waals surface area contributed by atoms with Gasteiger partial charge in [0.05, 0.1) is 6.26 Å². The average molecular weight is 239 g/mol. The quantitative estimate of drug-likeness (QED) is 0.734. The Bertz CT molecular complexity index is 512. The van der Waals surface area contributed by atoms with Crippen LogP contribution >= 0.6 is 0 Å². The van der Waals surface area contributed by atoms with E-state index in [1.165, 1.54) is 0 Å². The Morgan fingerprint density at radius 3 is 2.69 bits per heavy atom. The fraction of sp³-hybridized carbons (Fsp3) is 0.273. The third-order valence-electron chi connectivity index (χ3n) is 1.84. The molecule has 16 heavy (non-hydrogen) atoms. The summed E-state index contributed by atoms with van der Waals surface area (Å²) in [5.41, 5.74) is 1.50. The second-order valence-electron chi connectivity index (χ2n) is 3.21. The zero-order valence-electron chi connectivity index (χ0n) is 8.90. The zero-order valence-corrected chi connectivity index (χ0v) is 9.71. The van der Waals surface area contributed by atoms with E-state index in [0.29, 0.717) is 5.56 Å². The zero-order chi connectivity index (χ0) is 12.0. The van der Waals surface area contributed by atoms with Gasteiger partial charge in [-0.05, 0) is 11.6 Å². The molecule has 0 heterocycles. The number of aliphatic hydroxyl groups is 1. The largest absolute Gasteiger partial charge is 0.384 e. The fourth-order valence-electron chi connectivity index (χ4n) is 1.14. The topological polar surface area (TPSA) is 66.4 Å². The van der Waals surface area contributed by atoms with Crippen molar-refractivity contribution in [3.05, 3.63) is 35.4 Å². The normalized spacial score (nSPS) is 10.6. The van der Waals surface area contributed by atoms with Gasteiger partial charge < -0.3 is 5.11 Å². The Kier molecular flexibility index (Phi) is 4.50. The molecule has 4 nitrogen and oxygen atoms in total. The highest BCUT2D eigenvalue weighted by Gasteiger charge is 2.03. The van der Waals surface area contributed by atoms with Crippen molar-refractivity contribution in [2.24, 2.45) is 0 Å². The molecule has 0 spiro atoms. The number of hydrogen-bond donors (Lipinski definition) is 2. The lowest BCUT2D eigenvalue weighted by atomic mass is 10.1. The molecule has 0 saturated carbocycles. The van der Waals surface area contributed by atoms with E-state index in [4.69, 9.17) is 5.11 Å². The summed E-state index contributed by atoms with van der Waals surface area (Å²) in [6.07, 6.45) is 1.11. The Morgan fingerprint density at radius 2 is 2.06 bits per heavy atom. The lowest BCUT2D eigenvalue weighted by molar-refractivity contribution is 0.350. The maximum atomic E-state index is 10.9. The highest BCUT2D eigenvalue weighted by atomic mass is 32.2. The number of rotatable bonds is 3. The van der Waals surface area contributed by atoms with Gasteiger partial charge in [0.1, 0.15) is 6.61 Å². The van der Waals surface area contributed by atoms with E-state index < -0.39 is 10.0 Å². The number of aliphatic hydroxyl groups excluding tert-OH is 1. The van der Waals surface area contributed by atoms with E-state index in [-0.39, 0.29) is 13.2 Å². The van der Waals surface area contributed by atoms with Crippen LogP contribution in [-0.2, 0) is 16.6 Å². The third-order valence-corrected chi connectivity index (χ3v) is 2.51. The monoisotopic (exact) mass is 239 g/mol. The SMILES string of the molecule is CS(=O)(=O)NCc1ccccc1C#CCO. The number of hydrogen-bond acceptors (Lipinski definition) is 3. The molecule has 2 N–H and O–H groups in total. The Hall–Kier alpha value is -1.35. The third kappa shape index (κ3) is 4.45. The molecule has 0 fully saturated rings. The second-order valence-corrected chi connectivity index (χ2v) is 5.04. The predicted molar refractivity (Wildman–Crippen MR) is 62.1 cm³/mol. The molecule has 1 aromatic carbocycles. The second kappa shape index (κ2) is 5.66. The van der Waals surface area contributed by atoms with Gasteiger partial charge in [0, 0.05) is 12.1 Å². The van der Waals surface area contributed by atoms with Crippen LogP contribution in [-0.4, -0.2) is 26.4 Å². The average Bonchev–Trinajstić information content (AvgIpc) is 2.23. The predicted octanol–water partition coefficient (Wildman–Crippen LogP) is 0.0796. The van der Waals surface area contributed by atoms with Crippen molar-refractivity contribution in [1.82, 2.24) is 4.72 Å². The van der Waals surface area contributed by atoms with Gasteiger partial charge in [0.15, 0.2) is 0 Å². The molecule has 86 valence electrons. The molecule has 0 atom stereocenters. The summed E-state index contributed by atoms with van der Waals surface area (Å²) in [7, 11) is -3.21. The minimum atomic E-state index is -3.21. The van der Waals surface area contributed by atoms with Gasteiger partial charge in [0.2, 0.25) is 10.0 Å². The number of benzene rings is 1. The van der Waals surface area contributed by atoms with Crippen LogP contribution in [0.25, 0.3) is 0 Å². The molecule has 0 amide bonds. The number of nitrogens with one attached hydrogen (secondary N) is 1. The molecule has 5 heteroatoms. The van der Waals surface area contributed by atoms with E-state index >= 15 is 0 Å². The molecule has 0 aliphatic rings. The maximum absolute atomic E-state index is 10.9. The van der Waals surface area contributed by atoms with Crippen LogP contribution in [0.1, 0.15) is 11.1 Å². The summed E-state index contributed by atoms with van der Waals surface area (Å²) in [6.45, 7) is -0.0110. The van der Waals surface area contributed by atoms with Gasteiger partial charge in [-0.1, -0.05) is 30.0 Å². The van der Waals surface area contributed by atoms with Crippen LogP contribution in [0.15, 0.2) is 24.3 Å². The van der Waals surface area contributed by atoms with Crippen LogP contribution in [0.3, 0.4) is 0 Å². The smallest absolute Gasteiger partial charge is 0.209 e. The van der Waals surface area contributed by atoms with Gasteiger partial charge >= 0.3 is 0 Å². The Morgan fingerprint density at radius 1 is 1.38 bits per heavy atom. The van der Waals surface area contributed by atoms with Gasteiger partial charge in [-0.25, -0.2) is 13.1 Å². The molecular formula is C11H13NO3S. The summed E-state index contributed by atoms with van der Waals surface area (Å²) in [5, 5.41) is 8.59. The van der Waals surface area contributed by atoms with E-state index in [2.05, 4.69) is 16.6 Å². The molecule has 0 unspecified atom stereocenters. The Labute approximate surface area is 95.4 Å². The molecule has 0 aromatic heterocycles. The molecule has 0 saturated heterocycles. The van der Waals surface area contributed by atoms with E-state index in [0.717, 1.165) is 11.8 Å². The molecule has 1 rings (SSSR count). The van der Waals surface area contributed by atoms with E-state index in [9.17, 15) is 8.42 Å². The van der Waals surface area contributed by atoms with Crippen LogP contribution in [0.4, 0.5) is 0 Å². The standard InChI is InChI=1S/C11H13NO3S/c1-16(14,15)12-9-11-6-3-2-5-10(11)7-4-8-13/h2-3,5-6,12-13H,8-9H2,1H3. The van der Waals surface area contributed by atoms with Crippen molar-refractivity contribution in [2.75, 3.05) is 12.9 Å². The summed E-state index contributed by atoms with van der Waals surface area (Å²) in [6, 6.07) is 7.19. The van der Waals surface area contributed by atoms with Crippen molar-refractivity contribution < 1.29 is 13.5 Å². The maximum Gasteiger partial charge on any atom is 0.209 e. The first-order valence-corrected chi connectivity index (χ1v) is 6.54. The van der Waals surface area contributed by atoms with Crippen molar-refractivity contribution in [3.63, 3.8) is 0 Å². The Balaban J connectivity index is 2.87. The molecular weight excluding hydrogens is 226 g/mol. The molecule has 0 radical (unpaired) electrons. The van der Waals surface area contributed by atoms with E-state index in [1.54, 1.807) is 12.1 Å².